The zero-order chi connectivity index (χ0) is 20.1. The molecule has 1 N–H and O–H groups in total. The van der Waals surface area contributed by atoms with E-state index in [0.717, 1.165) is 0 Å². The molecule has 2 heterocycles. The molecule has 1 atom stereocenters. The average Bonchev–Trinajstić information content (AvgIpc) is 2.98. The summed E-state index contributed by atoms with van der Waals surface area (Å²) in [6, 6.07) is 8.91. The third-order valence-corrected chi connectivity index (χ3v) is 4.43. The molecule has 1 fully saturated rings. The highest BCUT2D eigenvalue weighted by Crippen LogP contribution is 2.26. The largest absolute Gasteiger partial charge is 0.473 e. The second-order valence-corrected chi connectivity index (χ2v) is 7.02. The summed E-state index contributed by atoms with van der Waals surface area (Å²) in [5.74, 6) is -3.00. The van der Waals surface area contributed by atoms with Gasteiger partial charge in [-0.15, -0.1) is 0 Å². The van der Waals surface area contributed by atoms with Gasteiger partial charge in [0.15, 0.2) is 0 Å². The number of carbonyl (C=O) groups is 1. The van der Waals surface area contributed by atoms with Gasteiger partial charge in [-0.1, -0.05) is 12.1 Å². The van der Waals surface area contributed by atoms with Crippen LogP contribution in [-0.4, -0.2) is 47.4 Å². The van der Waals surface area contributed by atoms with E-state index in [-0.39, 0.29) is 37.3 Å². The van der Waals surface area contributed by atoms with Crippen molar-refractivity contribution in [1.82, 2.24) is 15.2 Å². The molecule has 2 aromatic rings. The molecule has 1 aromatic heterocycles. The Kier molecular flexibility index (Phi) is 6.18. The summed E-state index contributed by atoms with van der Waals surface area (Å²) in [6.45, 7) is 2.36. The van der Waals surface area contributed by atoms with Crippen LogP contribution in [0.1, 0.15) is 29.3 Å². The molecule has 0 saturated carbocycles. The van der Waals surface area contributed by atoms with E-state index in [2.05, 4.69) is 10.3 Å². The van der Waals surface area contributed by atoms with Crippen molar-refractivity contribution < 1.29 is 22.7 Å². The van der Waals surface area contributed by atoms with Gasteiger partial charge in [-0.3, -0.25) is 9.69 Å². The van der Waals surface area contributed by atoms with Gasteiger partial charge >= 0.3 is 0 Å². The number of aromatic nitrogens is 1. The number of nitrogens with one attached hydrogen (secondary N) is 1. The lowest BCUT2D eigenvalue weighted by atomic mass is 10.2. The first-order valence-electron chi connectivity index (χ1n) is 9.05. The Balaban J connectivity index is 1.48. The Morgan fingerprint density at radius 3 is 2.82 bits per heavy atom. The molecule has 0 radical (unpaired) electrons. The van der Waals surface area contributed by atoms with E-state index in [4.69, 9.17) is 4.74 Å². The van der Waals surface area contributed by atoms with Gasteiger partial charge in [0.25, 0.3) is 11.8 Å². The van der Waals surface area contributed by atoms with E-state index < -0.39 is 5.92 Å². The number of hydrogen-bond donors (Lipinski definition) is 1. The van der Waals surface area contributed by atoms with Crippen LogP contribution in [0.4, 0.5) is 13.2 Å². The maximum atomic E-state index is 13.2. The maximum absolute atomic E-state index is 13.2. The molecule has 1 saturated heterocycles. The Labute approximate surface area is 161 Å². The molecule has 150 valence electrons. The molecule has 1 aromatic carbocycles. The Bertz CT molecular complexity index is 815. The molecule has 1 aliphatic heterocycles. The lowest BCUT2D eigenvalue weighted by Crippen LogP contribution is -2.41. The molecule has 1 aliphatic rings. The van der Waals surface area contributed by atoms with E-state index in [1.807, 2.05) is 0 Å². The van der Waals surface area contributed by atoms with Crippen LogP contribution in [0.15, 0.2) is 42.6 Å². The third kappa shape index (κ3) is 5.69. The van der Waals surface area contributed by atoms with E-state index in [0.29, 0.717) is 30.1 Å². The number of pyridine rings is 1. The summed E-state index contributed by atoms with van der Waals surface area (Å²) in [6.07, 6.45) is 1.24. The van der Waals surface area contributed by atoms with Gasteiger partial charge in [0.2, 0.25) is 5.88 Å². The van der Waals surface area contributed by atoms with Crippen molar-refractivity contribution in [3.63, 3.8) is 0 Å². The van der Waals surface area contributed by atoms with Gasteiger partial charge < -0.3 is 10.1 Å². The van der Waals surface area contributed by atoms with E-state index >= 15 is 0 Å². The van der Waals surface area contributed by atoms with Gasteiger partial charge in [0.05, 0.1) is 12.1 Å². The van der Waals surface area contributed by atoms with Crippen LogP contribution in [0.3, 0.4) is 0 Å². The summed E-state index contributed by atoms with van der Waals surface area (Å²) < 4.78 is 45.1. The molecule has 0 bridgehead atoms. The molecule has 5 nitrogen and oxygen atoms in total. The summed E-state index contributed by atoms with van der Waals surface area (Å²) >= 11 is 0. The minimum absolute atomic E-state index is 0.144. The summed E-state index contributed by atoms with van der Waals surface area (Å²) in [5, 5.41) is 2.79. The topological polar surface area (TPSA) is 54.5 Å². The number of ether oxygens (including phenoxy) is 1. The fourth-order valence-corrected chi connectivity index (χ4v) is 3.09. The van der Waals surface area contributed by atoms with Gasteiger partial charge in [0, 0.05) is 37.8 Å². The fourth-order valence-electron chi connectivity index (χ4n) is 3.09. The number of hydrogen-bond acceptors (Lipinski definition) is 4. The third-order valence-electron chi connectivity index (χ3n) is 4.43. The van der Waals surface area contributed by atoms with Crippen LogP contribution < -0.4 is 10.1 Å². The van der Waals surface area contributed by atoms with Crippen molar-refractivity contribution in [2.24, 2.45) is 0 Å². The smallest absolute Gasteiger partial charge is 0.261 e. The lowest BCUT2D eigenvalue weighted by Gasteiger charge is -2.21. The fraction of sp³-hybridized carbons (Fsp3) is 0.400. The lowest BCUT2D eigenvalue weighted by molar-refractivity contribution is 0.0117. The zero-order valence-electron chi connectivity index (χ0n) is 15.5. The normalized spacial score (nSPS) is 17.3. The Morgan fingerprint density at radius 1 is 1.36 bits per heavy atom. The van der Waals surface area contributed by atoms with Crippen molar-refractivity contribution >= 4 is 5.91 Å². The van der Waals surface area contributed by atoms with E-state index in [1.165, 1.54) is 18.3 Å². The summed E-state index contributed by atoms with van der Waals surface area (Å²) in [5.41, 5.74) is 1.02. The average molecular weight is 393 g/mol. The molecule has 28 heavy (non-hydrogen) atoms. The standard InChI is InChI=1S/C20H22F3N3O2/c1-14(11-26-8-7-20(22,23)13-26)25-19(27)16-5-6-18(24-10-16)28-12-15-3-2-4-17(21)9-15/h2-6,9-10,14H,7-8,11-13H2,1H3,(H,25,27)/t14-/m1/s1. The van der Waals surface area contributed by atoms with Crippen LogP contribution in [0.5, 0.6) is 5.88 Å². The molecule has 3 rings (SSSR count). The first-order valence-corrected chi connectivity index (χ1v) is 9.05. The maximum Gasteiger partial charge on any atom is 0.261 e. The van der Waals surface area contributed by atoms with Crippen LogP contribution in [0, 0.1) is 5.82 Å². The van der Waals surface area contributed by atoms with Crippen molar-refractivity contribution in [1.29, 1.82) is 0 Å². The van der Waals surface area contributed by atoms with Gasteiger partial charge in [0.1, 0.15) is 12.4 Å². The molecule has 0 spiro atoms. The number of likely N-dealkylation sites (tertiary alicyclic amines) is 1. The van der Waals surface area contributed by atoms with Gasteiger partial charge in [-0.2, -0.15) is 0 Å². The summed E-state index contributed by atoms with van der Waals surface area (Å²) in [4.78, 5) is 18.0. The molecule has 1 amide bonds. The minimum atomic E-state index is -2.64. The van der Waals surface area contributed by atoms with Crippen LogP contribution in [-0.2, 0) is 6.61 Å². The SMILES string of the molecule is C[C@H](CN1CCC(F)(F)C1)NC(=O)c1ccc(OCc2cccc(F)c2)nc1. The molecule has 8 heteroatoms. The van der Waals surface area contributed by atoms with Crippen molar-refractivity contribution in [3.05, 3.63) is 59.5 Å². The zero-order valence-corrected chi connectivity index (χ0v) is 15.5. The quantitative estimate of drug-likeness (QED) is 0.785. The summed E-state index contributed by atoms with van der Waals surface area (Å²) in [7, 11) is 0. The van der Waals surface area contributed by atoms with Crippen molar-refractivity contribution in [2.75, 3.05) is 19.6 Å². The Hall–Kier alpha value is -2.61. The number of amides is 1. The first kappa shape index (κ1) is 20.1. The van der Waals surface area contributed by atoms with Crippen molar-refractivity contribution in [2.45, 2.75) is 31.9 Å². The first-order chi connectivity index (χ1) is 13.3. The van der Waals surface area contributed by atoms with E-state index in [9.17, 15) is 18.0 Å². The Morgan fingerprint density at radius 2 is 2.18 bits per heavy atom. The second-order valence-electron chi connectivity index (χ2n) is 7.02. The molecular weight excluding hydrogens is 371 g/mol. The predicted molar refractivity (Wildman–Crippen MR) is 97.9 cm³/mol. The van der Waals surface area contributed by atoms with Gasteiger partial charge in [-0.05, 0) is 30.7 Å². The van der Waals surface area contributed by atoms with Crippen molar-refractivity contribution in [3.8, 4) is 5.88 Å². The number of carbonyl (C=O) groups excluding carboxylic acids is 1. The number of rotatable bonds is 7. The number of halogens is 3. The number of alkyl halides is 2. The number of nitrogens with zero attached hydrogens (tertiary/aromatic N) is 2. The highest BCUT2D eigenvalue weighted by atomic mass is 19.3. The minimum Gasteiger partial charge on any atom is -0.473 e. The predicted octanol–water partition coefficient (Wildman–Crippen LogP) is 3.26. The number of benzene rings is 1. The van der Waals surface area contributed by atoms with Crippen LogP contribution in [0.25, 0.3) is 0 Å². The second kappa shape index (κ2) is 8.60. The highest BCUT2D eigenvalue weighted by molar-refractivity contribution is 5.94. The molecular formula is C20H22F3N3O2. The highest BCUT2D eigenvalue weighted by Gasteiger charge is 2.38. The van der Waals surface area contributed by atoms with Gasteiger partial charge in [-0.25, -0.2) is 18.2 Å². The van der Waals surface area contributed by atoms with E-state index in [1.54, 1.807) is 36.1 Å². The molecule has 0 unspecified atom stereocenters. The monoisotopic (exact) mass is 393 g/mol. The van der Waals surface area contributed by atoms with Crippen LogP contribution in [0.2, 0.25) is 0 Å². The van der Waals surface area contributed by atoms with Crippen LogP contribution >= 0.6 is 0 Å². The molecule has 0 aliphatic carbocycles.